The molecule has 2 heterocycles. The summed E-state index contributed by atoms with van der Waals surface area (Å²) in [6.07, 6.45) is 3.29. The lowest BCUT2D eigenvalue weighted by molar-refractivity contribution is -0.141. The van der Waals surface area contributed by atoms with Gasteiger partial charge in [-0.25, -0.2) is 4.98 Å². The molecule has 1 aromatic carbocycles. The second-order valence-corrected chi connectivity index (χ2v) is 10.7. The lowest BCUT2D eigenvalue weighted by Gasteiger charge is -2.26. The molecule has 2 amide bonds. The van der Waals surface area contributed by atoms with Crippen molar-refractivity contribution in [2.45, 2.75) is 56.8 Å². The number of hydrogen-bond donors (Lipinski definition) is 3. The highest BCUT2D eigenvalue weighted by Crippen LogP contribution is 2.41. The van der Waals surface area contributed by atoms with E-state index in [1.165, 1.54) is 46.9 Å². The summed E-state index contributed by atoms with van der Waals surface area (Å²) in [5.41, 5.74) is 5.48. The van der Waals surface area contributed by atoms with E-state index >= 15 is 0 Å². The Kier molecular flexibility index (Phi) is 7.43. The van der Waals surface area contributed by atoms with Gasteiger partial charge >= 0.3 is 6.18 Å². The zero-order valence-electron chi connectivity index (χ0n) is 21.3. The standard InChI is InChI=1S/C26H29ClF3N7O2/c1-36-21(19-13-37(17-7-8-17)35-22(19)26(28,29)30)12-32-23(36)25(39)34-16-6-9-18(20(27)10-16)24(38)33-11-14-2-4-15(31)5-3-14/h6,9-10,12-15,17H,2-5,7-8,11,31H2,1H3,(H,33,38)(H,34,39). The number of aromatic nitrogens is 4. The van der Waals surface area contributed by atoms with Crippen LogP contribution in [0, 0.1) is 5.92 Å². The number of imidazole rings is 1. The van der Waals surface area contributed by atoms with Crippen LogP contribution in [-0.2, 0) is 13.2 Å². The van der Waals surface area contributed by atoms with Crippen LogP contribution in [0.25, 0.3) is 11.3 Å². The first-order chi connectivity index (χ1) is 18.5. The Morgan fingerprint density at radius 1 is 1.13 bits per heavy atom. The number of nitrogens with zero attached hydrogens (tertiary/aromatic N) is 4. The Balaban J connectivity index is 1.27. The van der Waals surface area contributed by atoms with E-state index in [4.69, 9.17) is 17.3 Å². The van der Waals surface area contributed by atoms with Crippen molar-refractivity contribution in [3.8, 4) is 11.3 Å². The maximum atomic E-state index is 13.7. The topological polar surface area (TPSA) is 120 Å². The fourth-order valence-corrected chi connectivity index (χ4v) is 5.14. The SMILES string of the molecule is Cn1c(-c2cn(C3CC3)nc2C(F)(F)F)cnc1C(=O)Nc1ccc(C(=O)NCC2CCC(N)CC2)c(Cl)c1. The van der Waals surface area contributed by atoms with Crippen LogP contribution in [0.4, 0.5) is 18.9 Å². The van der Waals surface area contributed by atoms with Crippen LogP contribution in [0.5, 0.6) is 0 Å². The lowest BCUT2D eigenvalue weighted by Crippen LogP contribution is -2.34. The molecule has 0 spiro atoms. The summed E-state index contributed by atoms with van der Waals surface area (Å²) in [4.78, 5) is 29.7. The minimum absolute atomic E-state index is 0.0446. The van der Waals surface area contributed by atoms with Crippen molar-refractivity contribution in [1.29, 1.82) is 0 Å². The number of anilines is 1. The lowest BCUT2D eigenvalue weighted by atomic mass is 9.86. The molecule has 2 saturated carbocycles. The van der Waals surface area contributed by atoms with Crippen molar-refractivity contribution in [3.05, 3.63) is 52.7 Å². The van der Waals surface area contributed by atoms with Crippen LogP contribution in [0.2, 0.25) is 5.02 Å². The summed E-state index contributed by atoms with van der Waals surface area (Å²) in [5.74, 6) is -0.671. The number of nitrogens with one attached hydrogen (secondary N) is 2. The van der Waals surface area contributed by atoms with Gasteiger partial charge in [0.1, 0.15) is 0 Å². The van der Waals surface area contributed by atoms with Gasteiger partial charge in [0, 0.05) is 31.5 Å². The molecule has 2 aliphatic carbocycles. The van der Waals surface area contributed by atoms with Gasteiger partial charge in [-0.05, 0) is 62.6 Å². The maximum absolute atomic E-state index is 13.7. The molecule has 2 fully saturated rings. The van der Waals surface area contributed by atoms with Gasteiger partial charge in [0.2, 0.25) is 0 Å². The van der Waals surface area contributed by atoms with E-state index < -0.39 is 17.8 Å². The third-order valence-corrected chi connectivity index (χ3v) is 7.62. The van der Waals surface area contributed by atoms with Crippen molar-refractivity contribution in [3.63, 3.8) is 0 Å². The molecule has 208 valence electrons. The van der Waals surface area contributed by atoms with Crippen LogP contribution in [0.15, 0.2) is 30.6 Å². The zero-order valence-corrected chi connectivity index (χ0v) is 22.0. The molecule has 0 atom stereocenters. The first-order valence-corrected chi connectivity index (χ1v) is 13.2. The minimum atomic E-state index is -4.66. The minimum Gasteiger partial charge on any atom is -0.352 e. The zero-order chi connectivity index (χ0) is 27.9. The normalized spacial score (nSPS) is 19.6. The molecule has 5 rings (SSSR count). The van der Waals surface area contributed by atoms with Gasteiger partial charge in [-0.1, -0.05) is 11.6 Å². The predicted molar refractivity (Wildman–Crippen MR) is 139 cm³/mol. The first-order valence-electron chi connectivity index (χ1n) is 12.8. The molecular weight excluding hydrogens is 535 g/mol. The number of amides is 2. The van der Waals surface area contributed by atoms with E-state index in [2.05, 4.69) is 20.7 Å². The highest BCUT2D eigenvalue weighted by Gasteiger charge is 2.40. The molecule has 0 aliphatic heterocycles. The molecule has 0 bridgehead atoms. The van der Waals surface area contributed by atoms with Crippen LogP contribution >= 0.6 is 11.6 Å². The van der Waals surface area contributed by atoms with Crippen LogP contribution in [-0.4, -0.2) is 43.7 Å². The van der Waals surface area contributed by atoms with Crippen molar-refractivity contribution in [2.75, 3.05) is 11.9 Å². The summed E-state index contributed by atoms with van der Waals surface area (Å²) in [5, 5.41) is 9.46. The van der Waals surface area contributed by atoms with Crippen molar-refractivity contribution in [1.82, 2.24) is 24.6 Å². The maximum Gasteiger partial charge on any atom is 0.435 e. The molecule has 2 aromatic heterocycles. The summed E-state index contributed by atoms with van der Waals surface area (Å²) < 4.78 is 43.6. The number of halogens is 4. The molecular formula is C26H29ClF3N7O2. The Morgan fingerprint density at radius 2 is 1.85 bits per heavy atom. The second-order valence-electron chi connectivity index (χ2n) is 10.3. The van der Waals surface area contributed by atoms with Crippen LogP contribution in [0.1, 0.15) is 71.2 Å². The fraction of sp³-hybridized carbons (Fsp3) is 0.462. The van der Waals surface area contributed by atoms with Gasteiger partial charge in [0.15, 0.2) is 11.5 Å². The third kappa shape index (κ3) is 5.96. The van der Waals surface area contributed by atoms with E-state index in [-0.39, 0.29) is 45.7 Å². The van der Waals surface area contributed by atoms with E-state index in [0.717, 1.165) is 38.5 Å². The number of carbonyl (C=O) groups is 2. The third-order valence-electron chi connectivity index (χ3n) is 7.30. The highest BCUT2D eigenvalue weighted by molar-refractivity contribution is 6.34. The summed E-state index contributed by atoms with van der Waals surface area (Å²) in [7, 11) is 1.46. The Labute approximate surface area is 227 Å². The number of hydrogen-bond acceptors (Lipinski definition) is 5. The van der Waals surface area contributed by atoms with Gasteiger partial charge in [0.05, 0.1) is 34.1 Å². The van der Waals surface area contributed by atoms with E-state index in [1.54, 1.807) is 0 Å². The molecule has 4 N–H and O–H groups in total. The number of carbonyl (C=O) groups excluding carboxylic acids is 2. The van der Waals surface area contributed by atoms with Crippen molar-refractivity contribution in [2.24, 2.45) is 18.7 Å². The number of alkyl halides is 3. The molecule has 39 heavy (non-hydrogen) atoms. The van der Waals surface area contributed by atoms with Crippen LogP contribution < -0.4 is 16.4 Å². The van der Waals surface area contributed by atoms with E-state index in [1.807, 2.05) is 0 Å². The highest BCUT2D eigenvalue weighted by atomic mass is 35.5. The molecule has 3 aromatic rings. The summed E-state index contributed by atoms with van der Waals surface area (Å²) in [6, 6.07) is 4.67. The molecule has 0 radical (unpaired) electrons. The van der Waals surface area contributed by atoms with E-state index in [9.17, 15) is 22.8 Å². The largest absolute Gasteiger partial charge is 0.435 e. The first kappa shape index (κ1) is 27.2. The molecule has 0 unspecified atom stereocenters. The number of nitrogens with two attached hydrogens (primary N) is 1. The van der Waals surface area contributed by atoms with E-state index in [0.29, 0.717) is 18.2 Å². The molecule has 9 nitrogen and oxygen atoms in total. The smallest absolute Gasteiger partial charge is 0.352 e. The summed E-state index contributed by atoms with van der Waals surface area (Å²) >= 11 is 6.34. The van der Waals surface area contributed by atoms with Gasteiger partial charge in [-0.15, -0.1) is 0 Å². The average molecular weight is 564 g/mol. The molecule has 0 saturated heterocycles. The van der Waals surface area contributed by atoms with Gasteiger partial charge in [0.25, 0.3) is 11.8 Å². The Hall–Kier alpha value is -3.38. The molecule has 13 heteroatoms. The molecule has 2 aliphatic rings. The Morgan fingerprint density at radius 3 is 2.49 bits per heavy atom. The summed E-state index contributed by atoms with van der Waals surface area (Å²) in [6.45, 7) is 0.539. The van der Waals surface area contributed by atoms with Crippen LogP contribution in [0.3, 0.4) is 0 Å². The quantitative estimate of drug-likeness (QED) is 0.382. The van der Waals surface area contributed by atoms with Crippen molar-refractivity contribution < 1.29 is 22.8 Å². The second kappa shape index (κ2) is 10.6. The number of benzene rings is 1. The van der Waals surface area contributed by atoms with Gasteiger partial charge in [-0.3, -0.25) is 14.3 Å². The van der Waals surface area contributed by atoms with Gasteiger partial charge < -0.3 is 20.9 Å². The average Bonchev–Trinajstić information content (AvgIpc) is 3.51. The fourth-order valence-electron chi connectivity index (χ4n) is 4.87. The number of rotatable bonds is 7. The monoisotopic (exact) mass is 563 g/mol. The predicted octanol–water partition coefficient (Wildman–Crippen LogP) is 4.79. The Bertz CT molecular complexity index is 1390. The van der Waals surface area contributed by atoms with Crippen molar-refractivity contribution >= 4 is 29.1 Å². The van der Waals surface area contributed by atoms with Gasteiger partial charge in [-0.2, -0.15) is 18.3 Å².